The predicted molar refractivity (Wildman–Crippen MR) is 102 cm³/mol. The van der Waals surface area contributed by atoms with Crippen molar-refractivity contribution in [3.05, 3.63) is 56.6 Å². The average molecular weight is 377 g/mol. The summed E-state index contributed by atoms with van der Waals surface area (Å²) in [6.45, 7) is 8.77. The smallest absolute Gasteiger partial charge is 0.117 e. The summed E-state index contributed by atoms with van der Waals surface area (Å²) in [4.78, 5) is 0. The summed E-state index contributed by atoms with van der Waals surface area (Å²) in [6.07, 6.45) is 1.74. The van der Waals surface area contributed by atoms with Crippen molar-refractivity contribution in [2.75, 3.05) is 0 Å². The molecule has 2 aliphatic carbocycles. The predicted octanol–water partition coefficient (Wildman–Crippen LogP) is 6.05. The molecular weight excluding hydrogens is 355 g/mol. The summed E-state index contributed by atoms with van der Waals surface area (Å²) in [5.41, 5.74) is 3.76. The first-order valence-electron chi connectivity index (χ1n) is 8.55. The van der Waals surface area contributed by atoms with E-state index in [1.807, 2.05) is 12.1 Å². The van der Waals surface area contributed by atoms with Gasteiger partial charge in [-0.2, -0.15) is 0 Å². The Balaban J connectivity index is 2.11. The van der Waals surface area contributed by atoms with E-state index in [-0.39, 0.29) is 27.7 Å². The van der Waals surface area contributed by atoms with Crippen molar-refractivity contribution in [2.45, 2.75) is 56.8 Å². The summed E-state index contributed by atoms with van der Waals surface area (Å²) in [5.74, 6) is 0.358. The number of aromatic hydroxyl groups is 2. The fraction of sp³-hybridized carbons (Fsp3) is 0.429. The van der Waals surface area contributed by atoms with E-state index >= 15 is 0 Å². The molecule has 0 aliphatic heterocycles. The molecule has 0 unspecified atom stereocenters. The maximum Gasteiger partial charge on any atom is 0.117 e. The molecule has 132 valence electrons. The highest BCUT2D eigenvalue weighted by Gasteiger charge is 2.57. The van der Waals surface area contributed by atoms with Gasteiger partial charge in [0.15, 0.2) is 0 Å². The Bertz CT molecular complexity index is 837. The largest absolute Gasteiger partial charge is 0.508 e. The van der Waals surface area contributed by atoms with Crippen LogP contribution in [0, 0.1) is 0 Å². The highest BCUT2D eigenvalue weighted by atomic mass is 35.5. The molecule has 4 heteroatoms. The van der Waals surface area contributed by atoms with Crippen molar-refractivity contribution >= 4 is 23.2 Å². The van der Waals surface area contributed by atoms with Gasteiger partial charge in [-0.1, -0.05) is 50.9 Å². The van der Waals surface area contributed by atoms with Gasteiger partial charge in [-0.3, -0.25) is 0 Å². The van der Waals surface area contributed by atoms with Gasteiger partial charge in [0, 0.05) is 15.5 Å². The second-order valence-electron chi connectivity index (χ2n) is 8.90. The normalized spacial score (nSPS) is 21.4. The van der Waals surface area contributed by atoms with Crippen molar-refractivity contribution in [1.82, 2.24) is 0 Å². The lowest BCUT2D eigenvalue weighted by atomic mass is 9.72. The molecule has 2 nitrogen and oxygen atoms in total. The van der Waals surface area contributed by atoms with Gasteiger partial charge < -0.3 is 10.2 Å². The lowest BCUT2D eigenvalue weighted by Gasteiger charge is -2.30. The number of phenolic OH excluding ortho intramolecular Hbond substituents is 2. The minimum Gasteiger partial charge on any atom is -0.508 e. The van der Waals surface area contributed by atoms with Crippen LogP contribution in [-0.2, 0) is 16.2 Å². The van der Waals surface area contributed by atoms with E-state index in [9.17, 15) is 10.2 Å². The van der Waals surface area contributed by atoms with Gasteiger partial charge in [0.25, 0.3) is 0 Å². The van der Waals surface area contributed by atoms with Gasteiger partial charge in [0.2, 0.25) is 0 Å². The van der Waals surface area contributed by atoms with E-state index in [2.05, 4.69) is 27.7 Å². The number of rotatable bonds is 0. The molecule has 0 saturated heterocycles. The standard InChI is InChI=1S/C21H22Cl2O2/c1-19(2)9-21(13-5-11(24)7-15(22)17(13)19)10-20(3,4)18-14(21)6-12(25)8-16(18)23/h5-8,24-25H,9-10H2,1-4H3. The van der Waals surface area contributed by atoms with Crippen molar-refractivity contribution in [2.24, 2.45) is 0 Å². The van der Waals surface area contributed by atoms with Gasteiger partial charge >= 0.3 is 0 Å². The first-order valence-corrected chi connectivity index (χ1v) is 9.30. The van der Waals surface area contributed by atoms with Crippen molar-refractivity contribution in [1.29, 1.82) is 0 Å². The molecule has 1 spiro atoms. The molecule has 2 aromatic rings. The van der Waals surface area contributed by atoms with E-state index in [4.69, 9.17) is 23.2 Å². The number of hydrogen-bond donors (Lipinski definition) is 2. The quantitative estimate of drug-likeness (QED) is 0.586. The van der Waals surface area contributed by atoms with Crippen LogP contribution in [-0.4, -0.2) is 10.2 Å². The summed E-state index contributed by atoms with van der Waals surface area (Å²) < 4.78 is 0. The fourth-order valence-electron chi connectivity index (χ4n) is 5.59. The van der Waals surface area contributed by atoms with Crippen LogP contribution in [0.4, 0.5) is 0 Å². The third kappa shape index (κ3) is 2.17. The van der Waals surface area contributed by atoms with Crippen molar-refractivity contribution in [3.8, 4) is 11.5 Å². The zero-order chi connectivity index (χ0) is 18.4. The lowest BCUT2D eigenvalue weighted by Crippen LogP contribution is -2.26. The number of halogens is 2. The monoisotopic (exact) mass is 376 g/mol. The minimum atomic E-state index is -0.303. The molecule has 0 fully saturated rings. The van der Waals surface area contributed by atoms with Crippen LogP contribution < -0.4 is 0 Å². The van der Waals surface area contributed by atoms with Gasteiger partial charge in [-0.15, -0.1) is 0 Å². The molecule has 25 heavy (non-hydrogen) atoms. The van der Waals surface area contributed by atoms with Crippen LogP contribution in [0.15, 0.2) is 24.3 Å². The third-order valence-electron chi connectivity index (χ3n) is 6.02. The summed E-state index contributed by atoms with van der Waals surface area (Å²) in [5, 5.41) is 21.6. The Hall–Kier alpha value is -1.38. The van der Waals surface area contributed by atoms with Crippen molar-refractivity contribution < 1.29 is 10.2 Å². The van der Waals surface area contributed by atoms with Crippen LogP contribution >= 0.6 is 23.2 Å². The van der Waals surface area contributed by atoms with Gasteiger partial charge in [-0.05, 0) is 70.2 Å². The number of phenols is 2. The molecule has 0 amide bonds. The van der Waals surface area contributed by atoms with Gasteiger partial charge in [0.05, 0.1) is 0 Å². The molecule has 0 bridgehead atoms. The Morgan fingerprint density at radius 3 is 1.44 bits per heavy atom. The van der Waals surface area contributed by atoms with Crippen LogP contribution in [0.5, 0.6) is 11.5 Å². The molecule has 0 radical (unpaired) electrons. The minimum absolute atomic E-state index is 0.129. The van der Waals surface area contributed by atoms with E-state index in [1.54, 1.807) is 12.1 Å². The topological polar surface area (TPSA) is 40.5 Å². The molecule has 0 heterocycles. The Morgan fingerprint density at radius 1 is 0.720 bits per heavy atom. The third-order valence-corrected chi connectivity index (χ3v) is 6.62. The molecular formula is C21H22Cl2O2. The maximum atomic E-state index is 10.2. The number of benzene rings is 2. The lowest BCUT2D eigenvalue weighted by molar-refractivity contribution is 0.349. The van der Waals surface area contributed by atoms with E-state index in [0.29, 0.717) is 10.0 Å². The van der Waals surface area contributed by atoms with E-state index in [1.165, 1.54) is 0 Å². The molecule has 2 N–H and O–H groups in total. The Kier molecular flexibility index (Phi) is 3.32. The SMILES string of the molecule is CC1(C)CC2(CC(C)(C)c3c(Cl)cc(O)cc32)c2cc(O)cc(Cl)c21. The second kappa shape index (κ2) is 4.86. The Labute approximate surface area is 158 Å². The van der Waals surface area contributed by atoms with Crippen LogP contribution in [0.25, 0.3) is 0 Å². The zero-order valence-corrected chi connectivity index (χ0v) is 16.4. The highest BCUT2D eigenvalue weighted by Crippen LogP contribution is 2.65. The van der Waals surface area contributed by atoms with Crippen LogP contribution in [0.2, 0.25) is 10.0 Å². The molecule has 0 atom stereocenters. The summed E-state index contributed by atoms with van der Waals surface area (Å²) >= 11 is 13.1. The molecule has 0 saturated carbocycles. The summed E-state index contributed by atoms with van der Waals surface area (Å²) in [7, 11) is 0. The summed E-state index contributed by atoms with van der Waals surface area (Å²) in [6, 6.07) is 6.94. The van der Waals surface area contributed by atoms with Crippen LogP contribution in [0.1, 0.15) is 62.8 Å². The molecule has 4 rings (SSSR count). The van der Waals surface area contributed by atoms with Gasteiger partial charge in [-0.25, -0.2) is 0 Å². The molecule has 2 aliphatic rings. The zero-order valence-electron chi connectivity index (χ0n) is 14.9. The van der Waals surface area contributed by atoms with Crippen LogP contribution in [0.3, 0.4) is 0 Å². The Morgan fingerprint density at radius 2 is 1.08 bits per heavy atom. The van der Waals surface area contributed by atoms with E-state index in [0.717, 1.165) is 35.1 Å². The van der Waals surface area contributed by atoms with Gasteiger partial charge in [0.1, 0.15) is 11.5 Å². The maximum absolute atomic E-state index is 10.2. The van der Waals surface area contributed by atoms with Crippen molar-refractivity contribution in [3.63, 3.8) is 0 Å². The van der Waals surface area contributed by atoms with E-state index < -0.39 is 0 Å². The number of hydrogen-bond acceptors (Lipinski definition) is 2. The fourth-order valence-corrected chi connectivity index (χ4v) is 6.53. The number of fused-ring (bicyclic) bond motifs is 4. The first-order chi connectivity index (χ1) is 11.5. The highest BCUT2D eigenvalue weighted by molar-refractivity contribution is 6.32. The average Bonchev–Trinajstić information content (AvgIpc) is 2.77. The second-order valence-corrected chi connectivity index (χ2v) is 9.72. The molecule has 2 aromatic carbocycles. The molecule has 0 aromatic heterocycles. The first kappa shape index (κ1) is 17.1.